The highest BCUT2D eigenvalue weighted by Crippen LogP contribution is 2.43. The molecule has 1 aromatic carbocycles. The van der Waals surface area contributed by atoms with Crippen molar-refractivity contribution in [2.75, 3.05) is 6.54 Å². The molecule has 3 heteroatoms. The molecule has 4 rings (SSSR count). The number of piperidine rings is 1. The molecule has 2 aliphatic heterocycles. The van der Waals surface area contributed by atoms with Crippen LogP contribution in [0.4, 0.5) is 0 Å². The van der Waals surface area contributed by atoms with E-state index in [9.17, 15) is 5.11 Å². The standard InChI is InChI=1S/C17H21NO2/c1-10-8-15-14-9-12(19)5-6-16(14)20-17(15)13-4-3-7-18(10)11(13)2/h5-6,9-11,13,19H,3-4,7-8H2,1-2H3. The maximum Gasteiger partial charge on any atom is 0.134 e. The first kappa shape index (κ1) is 12.3. The summed E-state index contributed by atoms with van der Waals surface area (Å²) >= 11 is 0. The maximum absolute atomic E-state index is 9.77. The Morgan fingerprint density at radius 3 is 3.00 bits per heavy atom. The van der Waals surface area contributed by atoms with Gasteiger partial charge in [-0.25, -0.2) is 0 Å². The third kappa shape index (κ3) is 1.62. The number of phenols is 1. The second-order valence-electron chi connectivity index (χ2n) is 6.41. The quantitative estimate of drug-likeness (QED) is 0.794. The molecule has 3 nitrogen and oxygen atoms in total. The Morgan fingerprint density at radius 1 is 1.30 bits per heavy atom. The summed E-state index contributed by atoms with van der Waals surface area (Å²) in [6.45, 7) is 5.85. The van der Waals surface area contributed by atoms with Gasteiger partial charge in [0.05, 0.1) is 0 Å². The van der Waals surface area contributed by atoms with E-state index < -0.39 is 0 Å². The second kappa shape index (κ2) is 4.26. The van der Waals surface area contributed by atoms with Gasteiger partial charge in [-0.2, -0.15) is 0 Å². The highest BCUT2D eigenvalue weighted by molar-refractivity contribution is 5.84. The zero-order chi connectivity index (χ0) is 13.9. The number of nitrogens with zero attached hydrogens (tertiary/aromatic N) is 1. The van der Waals surface area contributed by atoms with Gasteiger partial charge in [-0.15, -0.1) is 0 Å². The van der Waals surface area contributed by atoms with Gasteiger partial charge in [-0.05, 0) is 57.9 Å². The molecular formula is C17H21NO2. The van der Waals surface area contributed by atoms with Crippen LogP contribution in [0.25, 0.3) is 11.0 Å². The molecule has 2 aliphatic rings. The lowest BCUT2D eigenvalue weighted by molar-refractivity contribution is 0.0990. The summed E-state index contributed by atoms with van der Waals surface area (Å²) in [6.07, 6.45) is 3.48. The van der Waals surface area contributed by atoms with Crippen molar-refractivity contribution >= 4 is 11.0 Å². The molecule has 0 amide bonds. The number of hydrogen-bond donors (Lipinski definition) is 1. The Bertz CT molecular complexity index is 660. The highest BCUT2D eigenvalue weighted by Gasteiger charge is 2.39. The summed E-state index contributed by atoms with van der Waals surface area (Å²) in [5, 5.41) is 10.9. The normalized spacial score (nSPS) is 32.9. The van der Waals surface area contributed by atoms with Crippen LogP contribution in [-0.2, 0) is 6.42 Å². The first-order valence-corrected chi connectivity index (χ1v) is 7.65. The van der Waals surface area contributed by atoms with E-state index in [1.807, 2.05) is 12.1 Å². The fraction of sp³-hybridized carbons (Fsp3) is 0.529. The Morgan fingerprint density at radius 2 is 2.15 bits per heavy atom. The molecule has 0 radical (unpaired) electrons. The Kier molecular flexibility index (Phi) is 2.61. The number of fused-ring (bicyclic) bond motifs is 6. The molecule has 1 saturated heterocycles. The molecule has 0 spiro atoms. The predicted octanol–water partition coefficient (Wildman–Crippen LogP) is 3.65. The Hall–Kier alpha value is -1.48. The summed E-state index contributed by atoms with van der Waals surface area (Å²) in [6, 6.07) is 6.56. The average molecular weight is 271 g/mol. The lowest BCUT2D eigenvalue weighted by Crippen LogP contribution is -2.46. The van der Waals surface area contributed by atoms with E-state index in [0.29, 0.717) is 23.8 Å². The number of phenolic OH excluding ortho intramolecular Hbond substituents is 1. The van der Waals surface area contributed by atoms with Crippen molar-refractivity contribution in [1.82, 2.24) is 4.90 Å². The van der Waals surface area contributed by atoms with Gasteiger partial charge in [-0.1, -0.05) is 0 Å². The van der Waals surface area contributed by atoms with E-state index in [-0.39, 0.29) is 0 Å². The minimum absolute atomic E-state index is 0.328. The predicted molar refractivity (Wildman–Crippen MR) is 79.2 cm³/mol. The van der Waals surface area contributed by atoms with E-state index in [2.05, 4.69) is 18.7 Å². The van der Waals surface area contributed by atoms with Crippen molar-refractivity contribution < 1.29 is 9.52 Å². The van der Waals surface area contributed by atoms with Gasteiger partial charge in [0.2, 0.25) is 0 Å². The van der Waals surface area contributed by atoms with Gasteiger partial charge in [-0.3, -0.25) is 4.90 Å². The van der Waals surface area contributed by atoms with Crippen molar-refractivity contribution in [3.8, 4) is 5.75 Å². The van der Waals surface area contributed by atoms with Crippen LogP contribution in [0.1, 0.15) is 43.9 Å². The number of hydrogen-bond acceptors (Lipinski definition) is 3. The van der Waals surface area contributed by atoms with Crippen molar-refractivity contribution in [2.45, 2.75) is 51.1 Å². The number of rotatable bonds is 0. The van der Waals surface area contributed by atoms with E-state index >= 15 is 0 Å². The molecule has 2 aromatic rings. The largest absolute Gasteiger partial charge is 0.508 e. The molecule has 4 unspecified atom stereocenters. The van der Waals surface area contributed by atoms with Gasteiger partial charge in [0.15, 0.2) is 0 Å². The maximum atomic E-state index is 9.77. The molecule has 1 aromatic heterocycles. The highest BCUT2D eigenvalue weighted by atomic mass is 16.3. The first-order valence-electron chi connectivity index (χ1n) is 7.65. The molecule has 2 bridgehead atoms. The first-order chi connectivity index (χ1) is 9.65. The molecule has 20 heavy (non-hydrogen) atoms. The lowest BCUT2D eigenvalue weighted by Gasteiger charge is -2.40. The van der Waals surface area contributed by atoms with Crippen molar-refractivity contribution in [3.05, 3.63) is 29.5 Å². The summed E-state index contributed by atoms with van der Waals surface area (Å²) < 4.78 is 6.19. The van der Waals surface area contributed by atoms with Crippen LogP contribution in [0.3, 0.4) is 0 Å². The molecule has 0 aliphatic carbocycles. The third-order valence-corrected chi connectivity index (χ3v) is 5.24. The minimum Gasteiger partial charge on any atom is -0.508 e. The van der Waals surface area contributed by atoms with Crippen LogP contribution < -0.4 is 0 Å². The van der Waals surface area contributed by atoms with Crippen LogP contribution in [0.2, 0.25) is 0 Å². The monoisotopic (exact) mass is 271 g/mol. The SMILES string of the molecule is CC1Cc2c(oc3ccc(O)cc23)C2CCCN1C2C. The topological polar surface area (TPSA) is 36.6 Å². The van der Waals surface area contributed by atoms with Crippen LogP contribution in [0.15, 0.2) is 22.6 Å². The molecule has 106 valence electrons. The van der Waals surface area contributed by atoms with Crippen LogP contribution in [0.5, 0.6) is 5.75 Å². The summed E-state index contributed by atoms with van der Waals surface area (Å²) in [7, 11) is 0. The molecule has 0 saturated carbocycles. The van der Waals surface area contributed by atoms with E-state index in [1.54, 1.807) is 6.07 Å². The third-order valence-electron chi connectivity index (χ3n) is 5.24. The molecule has 1 N–H and O–H groups in total. The fourth-order valence-electron chi connectivity index (χ4n) is 4.22. The zero-order valence-electron chi connectivity index (χ0n) is 12.1. The van der Waals surface area contributed by atoms with Crippen molar-refractivity contribution in [3.63, 3.8) is 0 Å². The summed E-state index contributed by atoms with van der Waals surface area (Å²) in [5.74, 6) is 2.00. The van der Waals surface area contributed by atoms with Crippen molar-refractivity contribution in [2.24, 2.45) is 0 Å². The van der Waals surface area contributed by atoms with Gasteiger partial charge in [0.25, 0.3) is 0 Å². The minimum atomic E-state index is 0.328. The van der Waals surface area contributed by atoms with Crippen LogP contribution in [-0.4, -0.2) is 28.6 Å². The van der Waals surface area contributed by atoms with Gasteiger partial charge in [0, 0.05) is 29.0 Å². The molecule has 4 atom stereocenters. The molecule has 1 fully saturated rings. The van der Waals surface area contributed by atoms with Gasteiger partial charge in [0.1, 0.15) is 17.1 Å². The Labute approximate surface area is 119 Å². The second-order valence-corrected chi connectivity index (χ2v) is 6.41. The summed E-state index contributed by atoms with van der Waals surface area (Å²) in [5.41, 5.74) is 2.25. The molecular weight excluding hydrogens is 250 g/mol. The molecule has 3 heterocycles. The number of furan rings is 1. The fourth-order valence-corrected chi connectivity index (χ4v) is 4.22. The average Bonchev–Trinajstić information content (AvgIpc) is 2.75. The van der Waals surface area contributed by atoms with Crippen LogP contribution in [0, 0.1) is 0 Å². The van der Waals surface area contributed by atoms with E-state index in [4.69, 9.17) is 4.42 Å². The van der Waals surface area contributed by atoms with Crippen LogP contribution >= 0.6 is 0 Å². The number of aromatic hydroxyl groups is 1. The van der Waals surface area contributed by atoms with Gasteiger partial charge >= 0.3 is 0 Å². The van der Waals surface area contributed by atoms with Crippen molar-refractivity contribution in [1.29, 1.82) is 0 Å². The van der Waals surface area contributed by atoms with Gasteiger partial charge < -0.3 is 9.52 Å². The number of benzene rings is 1. The smallest absolute Gasteiger partial charge is 0.134 e. The zero-order valence-corrected chi connectivity index (χ0v) is 12.1. The van der Waals surface area contributed by atoms with E-state index in [0.717, 1.165) is 17.4 Å². The summed E-state index contributed by atoms with van der Waals surface area (Å²) in [4.78, 5) is 2.62. The van der Waals surface area contributed by atoms with E-state index in [1.165, 1.54) is 30.7 Å². The Balaban J connectivity index is 1.95. The lowest BCUT2D eigenvalue weighted by atomic mass is 9.88.